The lowest BCUT2D eigenvalue weighted by Crippen LogP contribution is -2.16. The molecule has 0 saturated carbocycles. The van der Waals surface area contributed by atoms with Crippen LogP contribution in [-0.4, -0.2) is 18.3 Å². The Hall–Kier alpha value is -0.730. The summed E-state index contributed by atoms with van der Waals surface area (Å²) in [5.41, 5.74) is 7.97. The quantitative estimate of drug-likeness (QED) is 0.362. The minimum absolute atomic E-state index is 0.0939. The fraction of sp³-hybridized carbons (Fsp3) is 1.00. The number of aliphatic hydroxyl groups is 1. The van der Waals surface area contributed by atoms with E-state index in [0.717, 1.165) is 0 Å². The molecule has 0 aromatic rings. The lowest BCUT2D eigenvalue weighted by molar-refractivity contribution is 0.195. The van der Waals surface area contributed by atoms with Crippen molar-refractivity contribution in [1.29, 1.82) is 0 Å². The summed E-state index contributed by atoms with van der Waals surface area (Å²) in [6.45, 7) is 4.48. The van der Waals surface area contributed by atoms with Crippen molar-refractivity contribution >= 4 is 0 Å². The van der Waals surface area contributed by atoms with Crippen molar-refractivity contribution in [3.8, 4) is 0 Å². The Labute approximate surface area is 60.5 Å². The highest BCUT2D eigenvalue weighted by molar-refractivity contribution is 4.64. The predicted molar refractivity (Wildman–Crippen MR) is 39.4 cm³/mol. The summed E-state index contributed by atoms with van der Waals surface area (Å²) >= 11 is 0. The summed E-state index contributed by atoms with van der Waals surface area (Å²) in [5, 5.41) is 12.1. The van der Waals surface area contributed by atoms with E-state index >= 15 is 0 Å². The van der Waals surface area contributed by atoms with Gasteiger partial charge >= 0.3 is 0 Å². The van der Waals surface area contributed by atoms with Crippen LogP contribution in [0.2, 0.25) is 0 Å². The van der Waals surface area contributed by atoms with E-state index in [4.69, 9.17) is 10.6 Å². The van der Waals surface area contributed by atoms with E-state index in [9.17, 15) is 0 Å². The average Bonchev–Trinajstić information content (AvgIpc) is 1.89. The maximum Gasteiger partial charge on any atom is 0.0463 e. The van der Waals surface area contributed by atoms with Crippen molar-refractivity contribution in [3.05, 3.63) is 10.4 Å². The molecule has 1 N–H and O–H groups in total. The Morgan fingerprint density at radius 3 is 2.50 bits per heavy atom. The van der Waals surface area contributed by atoms with Gasteiger partial charge in [0.2, 0.25) is 0 Å². The zero-order chi connectivity index (χ0) is 7.98. The standard InChI is InChI=1S/C6H13N3O/c1-5(2)6(4-10)3-8-9-7/h5-6,10H,3-4H2,1-2H3. The molecule has 0 fully saturated rings. The third kappa shape index (κ3) is 3.33. The molecular weight excluding hydrogens is 130 g/mol. The first-order valence-electron chi connectivity index (χ1n) is 3.34. The summed E-state index contributed by atoms with van der Waals surface area (Å²) in [6, 6.07) is 0. The fourth-order valence-electron chi connectivity index (χ4n) is 0.621. The second-order valence-corrected chi connectivity index (χ2v) is 2.60. The van der Waals surface area contributed by atoms with Gasteiger partial charge in [-0.25, -0.2) is 0 Å². The van der Waals surface area contributed by atoms with Gasteiger partial charge in [-0.05, 0) is 17.4 Å². The van der Waals surface area contributed by atoms with Crippen molar-refractivity contribution in [3.63, 3.8) is 0 Å². The van der Waals surface area contributed by atoms with Crippen LogP contribution in [0.4, 0.5) is 0 Å². The Morgan fingerprint density at radius 1 is 1.60 bits per heavy atom. The molecule has 0 heterocycles. The third-order valence-electron chi connectivity index (χ3n) is 1.56. The van der Waals surface area contributed by atoms with Crippen LogP contribution in [0.25, 0.3) is 10.4 Å². The summed E-state index contributed by atoms with van der Waals surface area (Å²) in [6.07, 6.45) is 0. The van der Waals surface area contributed by atoms with Crippen LogP contribution in [0.1, 0.15) is 13.8 Å². The van der Waals surface area contributed by atoms with Crippen molar-refractivity contribution in [2.24, 2.45) is 17.0 Å². The lowest BCUT2D eigenvalue weighted by Gasteiger charge is -2.14. The summed E-state index contributed by atoms with van der Waals surface area (Å²) in [5.74, 6) is 0.478. The van der Waals surface area contributed by atoms with Crippen LogP contribution in [0.3, 0.4) is 0 Å². The van der Waals surface area contributed by atoms with Gasteiger partial charge in [0.25, 0.3) is 0 Å². The highest BCUT2D eigenvalue weighted by atomic mass is 16.3. The first-order chi connectivity index (χ1) is 4.72. The van der Waals surface area contributed by atoms with Crippen molar-refractivity contribution < 1.29 is 5.11 Å². The molecule has 0 saturated heterocycles. The van der Waals surface area contributed by atoms with E-state index in [-0.39, 0.29) is 12.5 Å². The van der Waals surface area contributed by atoms with Crippen LogP contribution < -0.4 is 0 Å². The van der Waals surface area contributed by atoms with Gasteiger partial charge in [0.1, 0.15) is 0 Å². The molecule has 0 radical (unpaired) electrons. The number of rotatable bonds is 4. The summed E-state index contributed by atoms with van der Waals surface area (Å²) in [4.78, 5) is 2.62. The van der Waals surface area contributed by atoms with E-state index in [1.54, 1.807) is 0 Å². The molecule has 0 aliphatic heterocycles. The van der Waals surface area contributed by atoms with E-state index in [1.807, 2.05) is 13.8 Å². The van der Waals surface area contributed by atoms with Gasteiger partial charge in [-0.3, -0.25) is 0 Å². The molecule has 4 nitrogen and oxygen atoms in total. The first-order valence-corrected chi connectivity index (χ1v) is 3.34. The number of azide groups is 1. The molecule has 1 atom stereocenters. The molecule has 0 aromatic heterocycles. The molecule has 0 rings (SSSR count). The Bertz CT molecular complexity index is 129. The van der Waals surface area contributed by atoms with E-state index in [0.29, 0.717) is 12.5 Å². The normalized spacial score (nSPS) is 12.8. The van der Waals surface area contributed by atoms with Crippen LogP contribution in [0.15, 0.2) is 5.11 Å². The number of aliphatic hydroxyl groups excluding tert-OH is 1. The topological polar surface area (TPSA) is 69.0 Å². The van der Waals surface area contributed by atoms with Gasteiger partial charge in [-0.1, -0.05) is 19.0 Å². The molecule has 0 aromatic carbocycles. The van der Waals surface area contributed by atoms with Crippen LogP contribution in [0, 0.1) is 11.8 Å². The third-order valence-corrected chi connectivity index (χ3v) is 1.56. The van der Waals surface area contributed by atoms with Crippen molar-refractivity contribution in [2.75, 3.05) is 13.2 Å². The van der Waals surface area contributed by atoms with E-state index < -0.39 is 0 Å². The highest BCUT2D eigenvalue weighted by Crippen LogP contribution is 2.09. The van der Waals surface area contributed by atoms with Crippen LogP contribution in [0.5, 0.6) is 0 Å². The molecular formula is C6H13N3O. The fourth-order valence-corrected chi connectivity index (χ4v) is 0.621. The minimum Gasteiger partial charge on any atom is -0.396 e. The first kappa shape index (κ1) is 9.27. The number of hydrogen-bond acceptors (Lipinski definition) is 2. The van der Waals surface area contributed by atoms with E-state index in [2.05, 4.69) is 10.0 Å². The smallest absolute Gasteiger partial charge is 0.0463 e. The molecule has 0 aliphatic carbocycles. The number of nitrogens with zero attached hydrogens (tertiary/aromatic N) is 3. The largest absolute Gasteiger partial charge is 0.396 e. The minimum atomic E-state index is 0.0939. The van der Waals surface area contributed by atoms with Gasteiger partial charge in [-0.15, -0.1) is 0 Å². The molecule has 10 heavy (non-hydrogen) atoms. The molecule has 4 heteroatoms. The Kier molecular flexibility index (Phi) is 4.72. The second-order valence-electron chi connectivity index (χ2n) is 2.60. The molecule has 0 amide bonds. The molecule has 1 unspecified atom stereocenters. The van der Waals surface area contributed by atoms with Gasteiger partial charge in [0.15, 0.2) is 0 Å². The van der Waals surface area contributed by atoms with Gasteiger partial charge in [0, 0.05) is 18.1 Å². The monoisotopic (exact) mass is 143 g/mol. The average molecular weight is 143 g/mol. The lowest BCUT2D eigenvalue weighted by atomic mass is 9.97. The SMILES string of the molecule is CC(C)C(CO)CN=[N+]=[N-]. The maximum absolute atomic E-state index is 8.74. The predicted octanol–water partition coefficient (Wildman–Crippen LogP) is 1.56. The van der Waals surface area contributed by atoms with Crippen LogP contribution >= 0.6 is 0 Å². The zero-order valence-corrected chi connectivity index (χ0v) is 6.36. The van der Waals surface area contributed by atoms with E-state index in [1.165, 1.54) is 0 Å². The van der Waals surface area contributed by atoms with Crippen molar-refractivity contribution in [2.45, 2.75) is 13.8 Å². The molecule has 0 bridgehead atoms. The maximum atomic E-state index is 8.74. The molecule has 58 valence electrons. The van der Waals surface area contributed by atoms with Crippen molar-refractivity contribution in [1.82, 2.24) is 0 Å². The highest BCUT2D eigenvalue weighted by Gasteiger charge is 2.09. The molecule has 0 spiro atoms. The zero-order valence-electron chi connectivity index (χ0n) is 6.36. The van der Waals surface area contributed by atoms with Gasteiger partial charge in [-0.2, -0.15) is 0 Å². The summed E-state index contributed by atoms with van der Waals surface area (Å²) < 4.78 is 0. The van der Waals surface area contributed by atoms with Gasteiger partial charge < -0.3 is 5.11 Å². The molecule has 0 aliphatic rings. The second kappa shape index (κ2) is 5.09. The Balaban J connectivity index is 3.70. The number of hydrogen-bond donors (Lipinski definition) is 1. The Morgan fingerprint density at radius 2 is 2.20 bits per heavy atom. The van der Waals surface area contributed by atoms with Gasteiger partial charge in [0.05, 0.1) is 0 Å². The summed E-state index contributed by atoms with van der Waals surface area (Å²) in [7, 11) is 0. The van der Waals surface area contributed by atoms with Crippen LogP contribution in [-0.2, 0) is 0 Å².